The monoisotopic (exact) mass is 1040 g/mol. The average molecular weight is 1040 g/mol. The number of carbonyl (C=O) groups is 2. The van der Waals surface area contributed by atoms with Gasteiger partial charge in [0.05, 0.1) is 25.4 Å². The highest BCUT2D eigenvalue weighted by molar-refractivity contribution is 5.76. The van der Waals surface area contributed by atoms with Crippen molar-refractivity contribution in [3.63, 3.8) is 0 Å². The van der Waals surface area contributed by atoms with E-state index in [1.165, 1.54) is 308 Å². The van der Waals surface area contributed by atoms with Gasteiger partial charge in [0.2, 0.25) is 5.91 Å². The summed E-state index contributed by atoms with van der Waals surface area (Å²) in [5.74, 6) is -0.0162. The summed E-state index contributed by atoms with van der Waals surface area (Å²) >= 11 is 0. The maximum atomic E-state index is 12.5. The molecule has 0 aromatic rings. The van der Waals surface area contributed by atoms with E-state index in [0.717, 1.165) is 44.9 Å². The Balaban J connectivity index is 3.34. The zero-order valence-electron chi connectivity index (χ0n) is 50.4. The van der Waals surface area contributed by atoms with Crippen LogP contribution in [0, 0.1) is 0 Å². The van der Waals surface area contributed by atoms with Crippen LogP contribution in [-0.2, 0) is 14.3 Å². The fourth-order valence-electron chi connectivity index (χ4n) is 10.9. The Labute approximate surface area is 463 Å². The Morgan fingerprint density at radius 2 is 0.635 bits per heavy atom. The second-order valence-corrected chi connectivity index (χ2v) is 23.5. The molecule has 0 aliphatic carbocycles. The van der Waals surface area contributed by atoms with E-state index < -0.39 is 12.1 Å². The molecule has 6 nitrogen and oxygen atoms in total. The number of aliphatic hydroxyl groups excluding tert-OH is 2. The number of aliphatic hydroxyl groups is 2. The number of carbonyl (C=O) groups excluding carboxylic acids is 2. The lowest BCUT2D eigenvalue weighted by Crippen LogP contribution is -2.45. The SMILES string of the molecule is CCCCCCCC/C=C\CCCCCCCCCC(=O)OCCCCCCCCCCCCCCCCCCCCCCCCCCCC(=O)NC(CO)C(O)CCCCCCCCCCCCCCCCC. The third-order valence-electron chi connectivity index (χ3n) is 16.1. The Hall–Kier alpha value is -1.40. The van der Waals surface area contributed by atoms with Crippen molar-refractivity contribution in [3.8, 4) is 0 Å². The van der Waals surface area contributed by atoms with E-state index in [9.17, 15) is 19.8 Å². The maximum absolute atomic E-state index is 12.5. The Morgan fingerprint density at radius 3 is 0.959 bits per heavy atom. The molecule has 0 aliphatic heterocycles. The summed E-state index contributed by atoms with van der Waals surface area (Å²) in [6, 6.07) is -0.539. The topological polar surface area (TPSA) is 95.9 Å². The van der Waals surface area contributed by atoms with Crippen molar-refractivity contribution < 1.29 is 24.5 Å². The number of rotatable bonds is 64. The first-order valence-corrected chi connectivity index (χ1v) is 33.9. The summed E-state index contributed by atoms with van der Waals surface area (Å²) in [7, 11) is 0. The normalized spacial score (nSPS) is 12.5. The van der Waals surface area contributed by atoms with Gasteiger partial charge in [-0.2, -0.15) is 0 Å². The fraction of sp³-hybridized carbons (Fsp3) is 0.941. The van der Waals surface area contributed by atoms with Crippen molar-refractivity contribution in [1.29, 1.82) is 0 Å². The molecule has 1 amide bonds. The largest absolute Gasteiger partial charge is 0.466 e. The lowest BCUT2D eigenvalue weighted by Gasteiger charge is -2.22. The molecule has 3 N–H and O–H groups in total. The van der Waals surface area contributed by atoms with Crippen LogP contribution in [0.1, 0.15) is 386 Å². The minimum Gasteiger partial charge on any atom is -0.466 e. The van der Waals surface area contributed by atoms with Gasteiger partial charge in [-0.05, 0) is 51.4 Å². The fourth-order valence-corrected chi connectivity index (χ4v) is 10.9. The Bertz CT molecular complexity index is 1110. The quantitative estimate of drug-likeness (QED) is 0.0320. The summed E-state index contributed by atoms with van der Waals surface area (Å²) in [5.41, 5.74) is 0. The van der Waals surface area contributed by atoms with Crippen molar-refractivity contribution in [3.05, 3.63) is 12.2 Å². The van der Waals surface area contributed by atoms with Gasteiger partial charge in [-0.15, -0.1) is 0 Å². The Kier molecular flexibility index (Phi) is 62.9. The molecule has 0 aromatic heterocycles. The molecule has 2 unspecified atom stereocenters. The Morgan fingerprint density at radius 1 is 0.365 bits per heavy atom. The van der Waals surface area contributed by atoms with Crippen molar-refractivity contribution in [2.75, 3.05) is 13.2 Å². The second-order valence-electron chi connectivity index (χ2n) is 23.5. The van der Waals surface area contributed by atoms with Gasteiger partial charge >= 0.3 is 5.97 Å². The van der Waals surface area contributed by atoms with E-state index in [-0.39, 0.29) is 18.5 Å². The molecular weight excluding hydrogens is 911 g/mol. The molecule has 0 rings (SSSR count). The van der Waals surface area contributed by atoms with Crippen LogP contribution in [0.2, 0.25) is 0 Å². The van der Waals surface area contributed by atoms with E-state index in [4.69, 9.17) is 4.74 Å². The molecule has 0 saturated heterocycles. The van der Waals surface area contributed by atoms with Gasteiger partial charge in [-0.1, -0.05) is 334 Å². The third-order valence-corrected chi connectivity index (χ3v) is 16.1. The molecule has 0 aromatic carbocycles. The molecule has 0 spiro atoms. The third kappa shape index (κ3) is 59.8. The van der Waals surface area contributed by atoms with E-state index in [1.807, 2.05) is 0 Å². The number of hydrogen-bond donors (Lipinski definition) is 3. The van der Waals surface area contributed by atoms with Gasteiger partial charge in [-0.25, -0.2) is 0 Å². The number of allylic oxidation sites excluding steroid dienone is 2. The minimum absolute atomic E-state index is 0.0140. The highest BCUT2D eigenvalue weighted by Crippen LogP contribution is 2.19. The summed E-state index contributed by atoms with van der Waals surface area (Å²) < 4.78 is 5.50. The maximum Gasteiger partial charge on any atom is 0.305 e. The van der Waals surface area contributed by atoms with E-state index in [0.29, 0.717) is 25.9 Å². The van der Waals surface area contributed by atoms with Crippen LogP contribution in [0.15, 0.2) is 12.2 Å². The number of amides is 1. The summed E-state index contributed by atoms with van der Waals surface area (Å²) in [5, 5.41) is 23.3. The van der Waals surface area contributed by atoms with E-state index >= 15 is 0 Å². The van der Waals surface area contributed by atoms with Crippen LogP contribution in [0.4, 0.5) is 0 Å². The van der Waals surface area contributed by atoms with Gasteiger partial charge in [0, 0.05) is 12.8 Å². The van der Waals surface area contributed by atoms with Crippen molar-refractivity contribution in [1.82, 2.24) is 5.32 Å². The average Bonchev–Trinajstić information content (AvgIpc) is 3.40. The number of unbranched alkanes of at least 4 members (excludes halogenated alkanes) is 51. The molecule has 0 radical (unpaired) electrons. The first-order chi connectivity index (χ1) is 36.5. The van der Waals surface area contributed by atoms with Gasteiger partial charge in [0.15, 0.2) is 0 Å². The number of esters is 1. The molecular formula is C68H133NO5. The molecule has 440 valence electrons. The van der Waals surface area contributed by atoms with Crippen LogP contribution in [0.25, 0.3) is 0 Å². The minimum atomic E-state index is -0.662. The smallest absolute Gasteiger partial charge is 0.305 e. The second kappa shape index (κ2) is 64.1. The zero-order chi connectivity index (χ0) is 53.6. The first kappa shape index (κ1) is 72.6. The molecule has 6 heteroatoms. The van der Waals surface area contributed by atoms with Crippen LogP contribution < -0.4 is 5.32 Å². The first-order valence-electron chi connectivity index (χ1n) is 33.9. The molecule has 0 fully saturated rings. The highest BCUT2D eigenvalue weighted by atomic mass is 16.5. The van der Waals surface area contributed by atoms with Crippen LogP contribution >= 0.6 is 0 Å². The lowest BCUT2D eigenvalue weighted by atomic mass is 10.0. The molecule has 0 bridgehead atoms. The number of nitrogens with one attached hydrogen (secondary N) is 1. The summed E-state index contributed by atoms with van der Waals surface area (Å²) in [4.78, 5) is 24.6. The number of hydrogen-bond acceptors (Lipinski definition) is 5. The van der Waals surface area contributed by atoms with Gasteiger partial charge in [0.25, 0.3) is 0 Å². The molecule has 0 aliphatic rings. The molecule has 0 saturated carbocycles. The van der Waals surface area contributed by atoms with Crippen LogP contribution in [0.3, 0.4) is 0 Å². The van der Waals surface area contributed by atoms with E-state index in [2.05, 4.69) is 31.3 Å². The standard InChI is InChI=1S/C68H133NO5/c1-3-5-7-9-11-13-15-17-19-29-34-38-42-46-50-54-58-62-68(73)74-63-59-55-51-47-43-39-35-31-28-26-24-22-20-21-23-25-27-30-33-37-41-45-49-53-57-61-67(72)69-65(64-70)66(71)60-56-52-48-44-40-36-32-18-16-14-12-10-8-6-4-2/h17,19,65-66,70-71H,3-16,18,20-64H2,1-2H3,(H,69,72)/b19-17-. The summed E-state index contributed by atoms with van der Waals surface area (Å²) in [6.45, 7) is 4.98. The van der Waals surface area contributed by atoms with Crippen molar-refractivity contribution in [2.24, 2.45) is 0 Å². The van der Waals surface area contributed by atoms with E-state index in [1.54, 1.807) is 0 Å². The molecule has 74 heavy (non-hydrogen) atoms. The molecule has 0 heterocycles. The predicted octanol–water partition coefficient (Wildman–Crippen LogP) is 21.6. The van der Waals surface area contributed by atoms with Gasteiger partial charge < -0.3 is 20.3 Å². The van der Waals surface area contributed by atoms with Crippen LogP contribution in [0.5, 0.6) is 0 Å². The van der Waals surface area contributed by atoms with Gasteiger partial charge in [-0.3, -0.25) is 9.59 Å². The number of ether oxygens (including phenoxy) is 1. The summed E-state index contributed by atoms with van der Waals surface area (Å²) in [6.07, 6.45) is 78.2. The van der Waals surface area contributed by atoms with Crippen LogP contribution in [-0.4, -0.2) is 47.4 Å². The van der Waals surface area contributed by atoms with Crippen molar-refractivity contribution in [2.45, 2.75) is 398 Å². The zero-order valence-corrected chi connectivity index (χ0v) is 50.4. The molecule has 2 atom stereocenters. The lowest BCUT2D eigenvalue weighted by molar-refractivity contribution is -0.143. The predicted molar refractivity (Wildman–Crippen MR) is 324 cm³/mol. The van der Waals surface area contributed by atoms with Gasteiger partial charge in [0.1, 0.15) is 0 Å². The van der Waals surface area contributed by atoms with Crippen molar-refractivity contribution >= 4 is 11.9 Å². The highest BCUT2D eigenvalue weighted by Gasteiger charge is 2.20.